The van der Waals surface area contributed by atoms with Crippen LogP contribution in [0.3, 0.4) is 0 Å². The first-order valence-corrected chi connectivity index (χ1v) is 6.68. The topological polar surface area (TPSA) is 32.3 Å². The molecule has 4 heteroatoms. The molecule has 1 aliphatic rings. The lowest BCUT2D eigenvalue weighted by Crippen LogP contribution is -2.37. The van der Waals surface area contributed by atoms with Gasteiger partial charge in [0.25, 0.3) is 0 Å². The van der Waals surface area contributed by atoms with E-state index < -0.39 is 0 Å². The number of nitrogens with zero attached hydrogens (tertiary/aromatic N) is 1. The Kier molecular flexibility index (Phi) is 3.84. The zero-order chi connectivity index (χ0) is 12.4. The molecule has 1 aliphatic heterocycles. The van der Waals surface area contributed by atoms with Crippen molar-refractivity contribution in [2.24, 2.45) is 0 Å². The summed E-state index contributed by atoms with van der Waals surface area (Å²) >= 11 is 3.49. The Morgan fingerprint density at radius 2 is 2.12 bits per heavy atom. The van der Waals surface area contributed by atoms with E-state index in [1.165, 1.54) is 0 Å². The Labute approximate surface area is 110 Å². The molecule has 0 aromatic heterocycles. The van der Waals surface area contributed by atoms with Gasteiger partial charge in [-0.15, -0.1) is 0 Å². The Hall–Kier alpha value is -0.870. The summed E-state index contributed by atoms with van der Waals surface area (Å²) in [7, 11) is 0. The average molecular weight is 297 g/mol. The molecular weight excluding hydrogens is 280 g/mol. The van der Waals surface area contributed by atoms with Crippen molar-refractivity contribution in [3.8, 4) is 0 Å². The van der Waals surface area contributed by atoms with E-state index in [4.69, 9.17) is 0 Å². The fourth-order valence-corrected chi connectivity index (χ4v) is 2.69. The second kappa shape index (κ2) is 5.19. The van der Waals surface area contributed by atoms with Gasteiger partial charge in [0.15, 0.2) is 0 Å². The number of hydrogen-bond donors (Lipinski definition) is 1. The highest BCUT2D eigenvalue weighted by atomic mass is 79.9. The molecule has 0 aliphatic carbocycles. The van der Waals surface area contributed by atoms with E-state index in [1.54, 1.807) is 0 Å². The van der Waals surface area contributed by atoms with Crippen molar-refractivity contribution in [1.82, 2.24) is 5.32 Å². The first-order chi connectivity index (χ1) is 8.08. The maximum Gasteiger partial charge on any atom is 0.228 e. The van der Waals surface area contributed by atoms with E-state index in [0.29, 0.717) is 12.5 Å². The quantitative estimate of drug-likeness (QED) is 0.930. The number of rotatable bonds is 3. The summed E-state index contributed by atoms with van der Waals surface area (Å²) in [5.41, 5.74) is 0.963. The number of benzene rings is 1. The molecule has 0 radical (unpaired) electrons. The molecule has 17 heavy (non-hydrogen) atoms. The third-order valence-electron chi connectivity index (χ3n) is 2.84. The predicted octanol–water partition coefficient (Wildman–Crippen LogP) is 2.55. The Morgan fingerprint density at radius 3 is 2.76 bits per heavy atom. The minimum absolute atomic E-state index is 0.190. The van der Waals surface area contributed by atoms with Gasteiger partial charge in [-0.2, -0.15) is 0 Å². The number of anilines is 1. The van der Waals surface area contributed by atoms with E-state index >= 15 is 0 Å². The minimum atomic E-state index is 0.190. The summed E-state index contributed by atoms with van der Waals surface area (Å²) in [6.45, 7) is 4.96. The van der Waals surface area contributed by atoms with Crippen LogP contribution in [0.2, 0.25) is 0 Å². The summed E-state index contributed by atoms with van der Waals surface area (Å²) < 4.78 is 0.971. The SMILES string of the molecule is CC(C)NC1CC(=O)N(c2ccccc2Br)C1. The zero-order valence-corrected chi connectivity index (χ0v) is 11.7. The van der Waals surface area contributed by atoms with Crippen molar-refractivity contribution in [1.29, 1.82) is 0 Å². The lowest BCUT2D eigenvalue weighted by Gasteiger charge is -2.19. The molecule has 0 bridgehead atoms. The lowest BCUT2D eigenvalue weighted by atomic mass is 10.2. The Bertz CT molecular complexity index is 420. The summed E-state index contributed by atoms with van der Waals surface area (Å²) in [6.07, 6.45) is 0.583. The number of para-hydroxylation sites is 1. The van der Waals surface area contributed by atoms with Gasteiger partial charge in [0, 0.05) is 29.5 Å². The van der Waals surface area contributed by atoms with Crippen LogP contribution in [0.15, 0.2) is 28.7 Å². The molecule has 1 heterocycles. The van der Waals surface area contributed by atoms with Crippen LogP contribution < -0.4 is 10.2 Å². The minimum Gasteiger partial charge on any atom is -0.310 e. The van der Waals surface area contributed by atoms with Gasteiger partial charge in [0.1, 0.15) is 0 Å². The lowest BCUT2D eigenvalue weighted by molar-refractivity contribution is -0.117. The molecule has 0 spiro atoms. The molecule has 2 rings (SSSR count). The van der Waals surface area contributed by atoms with Gasteiger partial charge in [-0.05, 0) is 28.1 Å². The van der Waals surface area contributed by atoms with Crippen molar-refractivity contribution in [2.75, 3.05) is 11.4 Å². The molecule has 3 nitrogen and oxygen atoms in total. The monoisotopic (exact) mass is 296 g/mol. The number of nitrogens with one attached hydrogen (secondary N) is 1. The normalized spacial score (nSPS) is 20.4. The van der Waals surface area contributed by atoms with Gasteiger partial charge < -0.3 is 10.2 Å². The second-order valence-electron chi connectivity index (χ2n) is 4.68. The van der Waals surface area contributed by atoms with Crippen LogP contribution in [0.5, 0.6) is 0 Å². The largest absolute Gasteiger partial charge is 0.310 e. The molecule has 1 N–H and O–H groups in total. The van der Waals surface area contributed by atoms with E-state index in [0.717, 1.165) is 16.7 Å². The highest BCUT2D eigenvalue weighted by molar-refractivity contribution is 9.10. The van der Waals surface area contributed by atoms with E-state index in [1.807, 2.05) is 29.2 Å². The van der Waals surface area contributed by atoms with Crippen molar-refractivity contribution in [3.63, 3.8) is 0 Å². The van der Waals surface area contributed by atoms with Gasteiger partial charge >= 0.3 is 0 Å². The van der Waals surface area contributed by atoms with Gasteiger partial charge in [-0.25, -0.2) is 0 Å². The average Bonchev–Trinajstić information content (AvgIpc) is 2.59. The van der Waals surface area contributed by atoms with Gasteiger partial charge in [-0.1, -0.05) is 26.0 Å². The predicted molar refractivity (Wildman–Crippen MR) is 73.2 cm³/mol. The molecule has 1 aromatic rings. The number of carbonyl (C=O) groups is 1. The highest BCUT2D eigenvalue weighted by Crippen LogP contribution is 2.29. The van der Waals surface area contributed by atoms with Crippen LogP contribution in [0.1, 0.15) is 20.3 Å². The molecule has 1 fully saturated rings. The highest BCUT2D eigenvalue weighted by Gasteiger charge is 2.31. The van der Waals surface area contributed by atoms with E-state index in [-0.39, 0.29) is 11.9 Å². The van der Waals surface area contributed by atoms with Crippen LogP contribution in [0.4, 0.5) is 5.69 Å². The third-order valence-corrected chi connectivity index (χ3v) is 3.51. The van der Waals surface area contributed by atoms with E-state index in [2.05, 4.69) is 35.1 Å². The molecule has 1 unspecified atom stereocenters. The first-order valence-electron chi connectivity index (χ1n) is 5.89. The van der Waals surface area contributed by atoms with Crippen LogP contribution in [-0.4, -0.2) is 24.5 Å². The number of carbonyl (C=O) groups excluding carboxylic acids is 1. The Morgan fingerprint density at radius 1 is 1.41 bits per heavy atom. The van der Waals surface area contributed by atoms with Crippen LogP contribution in [0, 0.1) is 0 Å². The van der Waals surface area contributed by atoms with Crippen LogP contribution in [-0.2, 0) is 4.79 Å². The summed E-state index contributed by atoms with van der Waals surface area (Å²) in [5, 5.41) is 3.41. The molecule has 1 atom stereocenters. The Balaban J connectivity index is 2.13. The molecule has 1 aromatic carbocycles. The zero-order valence-electron chi connectivity index (χ0n) is 10.1. The molecule has 0 saturated carbocycles. The fraction of sp³-hybridized carbons (Fsp3) is 0.462. The number of halogens is 1. The smallest absolute Gasteiger partial charge is 0.228 e. The molecular formula is C13H17BrN2O. The first kappa shape index (κ1) is 12.6. The summed E-state index contributed by atoms with van der Waals surface area (Å²) in [5.74, 6) is 0.190. The van der Waals surface area contributed by atoms with Gasteiger partial charge in [0.2, 0.25) is 5.91 Å². The van der Waals surface area contributed by atoms with Gasteiger partial charge in [-0.3, -0.25) is 4.79 Å². The van der Waals surface area contributed by atoms with Crippen molar-refractivity contribution in [3.05, 3.63) is 28.7 Å². The number of hydrogen-bond acceptors (Lipinski definition) is 2. The van der Waals surface area contributed by atoms with Crippen molar-refractivity contribution >= 4 is 27.5 Å². The molecule has 1 amide bonds. The summed E-state index contributed by atoms with van der Waals surface area (Å²) in [6, 6.07) is 8.52. The van der Waals surface area contributed by atoms with Gasteiger partial charge in [0.05, 0.1) is 5.69 Å². The summed E-state index contributed by atoms with van der Waals surface area (Å²) in [4.78, 5) is 13.8. The van der Waals surface area contributed by atoms with Crippen LogP contribution in [0.25, 0.3) is 0 Å². The third kappa shape index (κ3) is 2.87. The van der Waals surface area contributed by atoms with Crippen molar-refractivity contribution in [2.45, 2.75) is 32.4 Å². The number of amides is 1. The standard InChI is InChI=1S/C13H17BrN2O/c1-9(2)15-10-7-13(17)16(8-10)12-6-4-3-5-11(12)14/h3-6,9-10,15H,7-8H2,1-2H3. The van der Waals surface area contributed by atoms with Crippen LogP contribution >= 0.6 is 15.9 Å². The maximum atomic E-state index is 12.0. The van der Waals surface area contributed by atoms with E-state index in [9.17, 15) is 4.79 Å². The second-order valence-corrected chi connectivity index (χ2v) is 5.53. The fourth-order valence-electron chi connectivity index (χ4n) is 2.19. The molecule has 1 saturated heterocycles. The maximum absolute atomic E-state index is 12.0. The molecule has 92 valence electrons. The van der Waals surface area contributed by atoms with Crippen molar-refractivity contribution < 1.29 is 4.79 Å².